The molecule has 0 aliphatic carbocycles. The zero-order valence-corrected chi connectivity index (χ0v) is 13.9. The molecular weight excluding hydrogens is 306 g/mol. The summed E-state index contributed by atoms with van der Waals surface area (Å²) in [5.74, 6) is -0.0194. The quantitative estimate of drug-likeness (QED) is 0.781. The normalized spacial score (nSPS) is 21.8. The van der Waals surface area contributed by atoms with Crippen molar-refractivity contribution < 1.29 is 18.0 Å². The van der Waals surface area contributed by atoms with Gasteiger partial charge in [0.25, 0.3) is 0 Å². The lowest BCUT2D eigenvalue weighted by atomic mass is 10.1. The third kappa shape index (κ3) is 4.19. The first-order chi connectivity index (χ1) is 10.4. The third-order valence-electron chi connectivity index (χ3n) is 4.52. The number of nitrogens with one attached hydrogen (secondary N) is 1. The second-order valence-corrected chi connectivity index (χ2v) is 8.12. The Kier molecular flexibility index (Phi) is 5.80. The number of rotatable bonds is 4. The molecule has 0 aromatic rings. The van der Waals surface area contributed by atoms with Crippen molar-refractivity contribution >= 4 is 21.8 Å². The summed E-state index contributed by atoms with van der Waals surface area (Å²) in [5.41, 5.74) is 0. The molecular formula is C14H25N3O4S. The molecule has 0 aromatic carbocycles. The average molecular weight is 331 g/mol. The van der Waals surface area contributed by atoms with Crippen molar-refractivity contribution in [1.82, 2.24) is 14.5 Å². The minimum absolute atomic E-state index is 0.0542. The molecule has 8 heteroatoms. The van der Waals surface area contributed by atoms with E-state index in [9.17, 15) is 18.0 Å². The van der Waals surface area contributed by atoms with Gasteiger partial charge in [0.2, 0.25) is 21.8 Å². The van der Waals surface area contributed by atoms with E-state index in [1.54, 1.807) is 9.80 Å². The molecule has 0 spiro atoms. The van der Waals surface area contributed by atoms with E-state index in [1.165, 1.54) is 7.05 Å². The summed E-state index contributed by atoms with van der Waals surface area (Å²) >= 11 is 0. The van der Waals surface area contributed by atoms with Crippen LogP contribution in [0.25, 0.3) is 0 Å². The molecule has 7 nitrogen and oxygen atoms in total. The second-order valence-electron chi connectivity index (χ2n) is 5.96. The van der Waals surface area contributed by atoms with Crippen LogP contribution in [-0.2, 0) is 19.6 Å². The van der Waals surface area contributed by atoms with Crippen LogP contribution in [0, 0.1) is 0 Å². The molecule has 22 heavy (non-hydrogen) atoms. The number of piperidine rings is 1. The standard InChI is InChI=1S/C14H25N3O4S/c1-15-22(20,21)12-6-9-16(10-7-12)14(19)11-17-8-4-2-3-5-13(17)18/h12,15H,2-11H2,1H3. The fourth-order valence-corrected chi connectivity index (χ4v) is 4.22. The first kappa shape index (κ1) is 17.2. The van der Waals surface area contributed by atoms with Gasteiger partial charge in [-0.3, -0.25) is 9.59 Å². The lowest BCUT2D eigenvalue weighted by Crippen LogP contribution is -2.48. The van der Waals surface area contributed by atoms with Crippen LogP contribution in [0.4, 0.5) is 0 Å². The van der Waals surface area contributed by atoms with Crippen LogP contribution in [0.5, 0.6) is 0 Å². The number of likely N-dealkylation sites (tertiary alicyclic amines) is 2. The SMILES string of the molecule is CNS(=O)(=O)C1CCN(C(=O)CN2CCCCCC2=O)CC1. The van der Waals surface area contributed by atoms with E-state index in [0.717, 1.165) is 19.3 Å². The second kappa shape index (κ2) is 7.41. The van der Waals surface area contributed by atoms with Crippen molar-refractivity contribution in [3.05, 3.63) is 0 Å². The van der Waals surface area contributed by atoms with E-state index in [4.69, 9.17) is 0 Å². The van der Waals surface area contributed by atoms with Crippen molar-refractivity contribution in [3.8, 4) is 0 Å². The Bertz CT molecular complexity index is 512. The summed E-state index contributed by atoms with van der Waals surface area (Å²) < 4.78 is 25.9. The Morgan fingerprint density at radius 2 is 1.86 bits per heavy atom. The van der Waals surface area contributed by atoms with Gasteiger partial charge in [-0.2, -0.15) is 0 Å². The first-order valence-electron chi connectivity index (χ1n) is 7.92. The van der Waals surface area contributed by atoms with Crippen LogP contribution in [0.15, 0.2) is 0 Å². The van der Waals surface area contributed by atoms with Crippen molar-refractivity contribution in [2.24, 2.45) is 0 Å². The largest absolute Gasteiger partial charge is 0.341 e. The van der Waals surface area contributed by atoms with Gasteiger partial charge in [0, 0.05) is 26.1 Å². The van der Waals surface area contributed by atoms with Crippen LogP contribution in [-0.4, -0.2) is 68.5 Å². The Morgan fingerprint density at radius 1 is 1.18 bits per heavy atom. The van der Waals surface area contributed by atoms with Crippen molar-refractivity contribution in [2.75, 3.05) is 33.2 Å². The van der Waals surface area contributed by atoms with E-state index in [-0.39, 0.29) is 18.4 Å². The van der Waals surface area contributed by atoms with Gasteiger partial charge in [0.05, 0.1) is 11.8 Å². The molecule has 0 saturated carbocycles. The monoisotopic (exact) mass is 331 g/mol. The Morgan fingerprint density at radius 3 is 2.50 bits per heavy atom. The maximum absolute atomic E-state index is 12.3. The Labute approximate surface area is 132 Å². The van der Waals surface area contributed by atoms with Gasteiger partial charge in [-0.25, -0.2) is 13.1 Å². The molecule has 0 aromatic heterocycles. The number of nitrogens with zero attached hydrogens (tertiary/aromatic N) is 2. The predicted octanol–water partition coefficient (Wildman–Crippen LogP) is -0.0708. The molecule has 2 amide bonds. The average Bonchev–Trinajstić information content (AvgIpc) is 2.72. The molecule has 1 N–H and O–H groups in total. The van der Waals surface area contributed by atoms with Crippen LogP contribution in [0.2, 0.25) is 0 Å². The van der Waals surface area contributed by atoms with Crippen LogP contribution in [0.1, 0.15) is 38.5 Å². The van der Waals surface area contributed by atoms with Gasteiger partial charge in [-0.05, 0) is 32.7 Å². The fourth-order valence-electron chi connectivity index (χ4n) is 3.05. The summed E-state index contributed by atoms with van der Waals surface area (Å²) in [7, 11) is -1.85. The van der Waals surface area contributed by atoms with E-state index in [2.05, 4.69) is 4.72 Å². The van der Waals surface area contributed by atoms with Gasteiger partial charge in [0.15, 0.2) is 0 Å². The minimum atomic E-state index is -3.26. The maximum Gasteiger partial charge on any atom is 0.242 e. The summed E-state index contributed by atoms with van der Waals surface area (Å²) in [5, 5.41) is -0.429. The zero-order valence-electron chi connectivity index (χ0n) is 13.1. The molecule has 126 valence electrons. The van der Waals surface area contributed by atoms with Crippen LogP contribution in [0.3, 0.4) is 0 Å². The van der Waals surface area contributed by atoms with Crippen LogP contribution >= 0.6 is 0 Å². The van der Waals surface area contributed by atoms with Gasteiger partial charge in [-0.1, -0.05) is 6.42 Å². The highest BCUT2D eigenvalue weighted by molar-refractivity contribution is 7.90. The van der Waals surface area contributed by atoms with E-state index >= 15 is 0 Å². The van der Waals surface area contributed by atoms with E-state index < -0.39 is 15.3 Å². The third-order valence-corrected chi connectivity index (χ3v) is 6.43. The molecule has 0 atom stereocenters. The molecule has 2 fully saturated rings. The highest BCUT2D eigenvalue weighted by Crippen LogP contribution is 2.18. The molecule has 2 aliphatic heterocycles. The number of hydrogen-bond acceptors (Lipinski definition) is 4. The number of amides is 2. The Hall–Kier alpha value is -1.15. The van der Waals surface area contributed by atoms with Gasteiger partial charge in [0.1, 0.15) is 0 Å². The van der Waals surface area contributed by atoms with Crippen molar-refractivity contribution in [1.29, 1.82) is 0 Å². The summed E-state index contributed by atoms with van der Waals surface area (Å²) in [6.07, 6.45) is 4.30. The van der Waals surface area contributed by atoms with E-state index in [0.29, 0.717) is 38.9 Å². The Balaban J connectivity index is 1.86. The molecule has 2 saturated heterocycles. The van der Waals surface area contributed by atoms with Gasteiger partial charge in [-0.15, -0.1) is 0 Å². The fraction of sp³-hybridized carbons (Fsp3) is 0.857. The topological polar surface area (TPSA) is 86.8 Å². The molecule has 2 aliphatic rings. The van der Waals surface area contributed by atoms with Crippen LogP contribution < -0.4 is 4.72 Å². The minimum Gasteiger partial charge on any atom is -0.341 e. The lowest BCUT2D eigenvalue weighted by molar-refractivity contribution is -0.140. The van der Waals surface area contributed by atoms with Crippen molar-refractivity contribution in [2.45, 2.75) is 43.8 Å². The van der Waals surface area contributed by atoms with E-state index in [1.807, 2.05) is 0 Å². The molecule has 0 bridgehead atoms. The first-order valence-corrected chi connectivity index (χ1v) is 9.46. The number of carbonyl (C=O) groups is 2. The summed E-state index contributed by atoms with van der Waals surface area (Å²) in [6, 6.07) is 0. The number of sulfonamides is 1. The smallest absolute Gasteiger partial charge is 0.242 e. The maximum atomic E-state index is 12.3. The molecule has 0 unspecified atom stereocenters. The highest BCUT2D eigenvalue weighted by atomic mass is 32.2. The van der Waals surface area contributed by atoms with Crippen molar-refractivity contribution in [3.63, 3.8) is 0 Å². The van der Waals surface area contributed by atoms with Gasteiger partial charge < -0.3 is 9.80 Å². The molecule has 2 heterocycles. The summed E-state index contributed by atoms with van der Waals surface area (Å²) in [4.78, 5) is 27.6. The predicted molar refractivity (Wildman–Crippen MR) is 82.6 cm³/mol. The molecule has 0 radical (unpaired) electrons. The zero-order chi connectivity index (χ0) is 16.2. The summed E-state index contributed by atoms with van der Waals surface area (Å²) in [6.45, 7) is 1.65. The number of hydrogen-bond donors (Lipinski definition) is 1. The lowest BCUT2D eigenvalue weighted by Gasteiger charge is -2.33. The highest BCUT2D eigenvalue weighted by Gasteiger charge is 2.31. The number of carbonyl (C=O) groups excluding carboxylic acids is 2. The van der Waals surface area contributed by atoms with Gasteiger partial charge >= 0.3 is 0 Å². The molecule has 2 rings (SSSR count).